The summed E-state index contributed by atoms with van der Waals surface area (Å²) in [7, 11) is 0. The summed E-state index contributed by atoms with van der Waals surface area (Å²) in [5, 5.41) is 0. The van der Waals surface area contributed by atoms with E-state index in [1.165, 1.54) is 0 Å². The lowest BCUT2D eigenvalue weighted by atomic mass is 10.1. The number of benzene rings is 2. The lowest BCUT2D eigenvalue weighted by Crippen LogP contribution is -2.41. The van der Waals surface area contributed by atoms with Crippen molar-refractivity contribution in [3.63, 3.8) is 0 Å². The molecule has 0 unspecified atom stereocenters. The molecular weight excluding hydrogens is 324 g/mol. The number of ketones is 2. The fraction of sp³-hybridized carbons (Fsp3) is 0.182. The molecule has 0 atom stereocenters. The van der Waals surface area contributed by atoms with Crippen molar-refractivity contribution >= 4 is 11.6 Å². The Morgan fingerprint density at radius 2 is 0.962 bits per heavy atom. The molecule has 0 bridgehead atoms. The van der Waals surface area contributed by atoms with Crippen molar-refractivity contribution in [3.8, 4) is 0 Å². The lowest BCUT2D eigenvalue weighted by Gasteiger charge is -2.33. The van der Waals surface area contributed by atoms with Crippen molar-refractivity contribution in [2.75, 3.05) is 26.2 Å². The Kier molecular flexibility index (Phi) is 5.99. The number of carbonyl (C=O) groups excluding carboxylic acids is 2. The van der Waals surface area contributed by atoms with E-state index < -0.39 is 0 Å². The molecule has 2 aromatic carbocycles. The minimum Gasteiger partial charge on any atom is -0.374 e. The summed E-state index contributed by atoms with van der Waals surface area (Å²) in [6.07, 6.45) is 6.98. The molecule has 0 aromatic heterocycles. The fourth-order valence-corrected chi connectivity index (χ4v) is 2.78. The van der Waals surface area contributed by atoms with E-state index in [-0.39, 0.29) is 11.6 Å². The highest BCUT2D eigenvalue weighted by atomic mass is 16.1. The molecular formula is C22H22N2O2. The lowest BCUT2D eigenvalue weighted by molar-refractivity contribution is 0.103. The average Bonchev–Trinajstić information content (AvgIpc) is 2.72. The normalized spacial score (nSPS) is 14.9. The first-order chi connectivity index (χ1) is 12.7. The minimum absolute atomic E-state index is 0.0152. The minimum atomic E-state index is 0.0152. The van der Waals surface area contributed by atoms with Crippen molar-refractivity contribution in [1.82, 2.24) is 9.80 Å². The summed E-state index contributed by atoms with van der Waals surface area (Å²) < 4.78 is 0. The zero-order chi connectivity index (χ0) is 18.2. The van der Waals surface area contributed by atoms with Crippen LogP contribution in [-0.2, 0) is 0 Å². The van der Waals surface area contributed by atoms with E-state index in [1.807, 2.05) is 73.1 Å². The van der Waals surface area contributed by atoms with Gasteiger partial charge in [0.2, 0.25) is 0 Å². The predicted molar refractivity (Wildman–Crippen MR) is 103 cm³/mol. The molecule has 0 spiro atoms. The van der Waals surface area contributed by atoms with Crippen molar-refractivity contribution in [2.45, 2.75) is 0 Å². The van der Waals surface area contributed by atoms with E-state index >= 15 is 0 Å². The van der Waals surface area contributed by atoms with Crippen LogP contribution in [0.5, 0.6) is 0 Å². The van der Waals surface area contributed by atoms with Crippen LogP contribution in [0.4, 0.5) is 0 Å². The zero-order valence-electron chi connectivity index (χ0n) is 14.6. The van der Waals surface area contributed by atoms with Crippen molar-refractivity contribution in [2.24, 2.45) is 0 Å². The number of hydrogen-bond acceptors (Lipinski definition) is 4. The first-order valence-corrected chi connectivity index (χ1v) is 8.75. The standard InChI is InChI=1S/C22H22N2O2/c25-21(19-7-3-1-4-8-19)11-13-23-15-17-24(18-16-23)14-12-22(26)20-9-5-2-6-10-20/h1-14H,15-18H2. The van der Waals surface area contributed by atoms with E-state index in [2.05, 4.69) is 9.80 Å². The van der Waals surface area contributed by atoms with Crippen LogP contribution in [0.3, 0.4) is 0 Å². The van der Waals surface area contributed by atoms with Gasteiger partial charge in [-0.15, -0.1) is 0 Å². The third-order valence-electron chi connectivity index (χ3n) is 4.34. The van der Waals surface area contributed by atoms with Gasteiger partial charge < -0.3 is 9.80 Å². The van der Waals surface area contributed by atoms with Crippen molar-refractivity contribution in [1.29, 1.82) is 0 Å². The summed E-state index contributed by atoms with van der Waals surface area (Å²) in [6.45, 7) is 3.29. The van der Waals surface area contributed by atoms with Crippen molar-refractivity contribution in [3.05, 3.63) is 96.3 Å². The van der Waals surface area contributed by atoms with E-state index in [0.717, 1.165) is 26.2 Å². The van der Waals surface area contributed by atoms with Gasteiger partial charge in [0.05, 0.1) is 0 Å². The van der Waals surface area contributed by atoms with Gasteiger partial charge in [-0.1, -0.05) is 60.7 Å². The SMILES string of the molecule is O=C(C=CN1CCN(C=CC(=O)c2ccccc2)CC1)c1ccccc1. The molecule has 1 aliphatic heterocycles. The number of rotatable bonds is 6. The number of carbonyl (C=O) groups is 2. The number of hydrogen-bond donors (Lipinski definition) is 0. The molecule has 4 heteroatoms. The molecule has 0 amide bonds. The van der Waals surface area contributed by atoms with E-state index in [9.17, 15) is 9.59 Å². The smallest absolute Gasteiger partial charge is 0.187 e. The van der Waals surface area contributed by atoms with Gasteiger partial charge in [0.15, 0.2) is 11.6 Å². The second-order valence-electron chi connectivity index (χ2n) is 6.16. The van der Waals surface area contributed by atoms with Gasteiger partial charge in [0.25, 0.3) is 0 Å². The van der Waals surface area contributed by atoms with Gasteiger partial charge in [-0.2, -0.15) is 0 Å². The molecule has 1 heterocycles. The van der Waals surface area contributed by atoms with E-state index in [1.54, 1.807) is 12.2 Å². The molecule has 3 rings (SSSR count). The Labute approximate surface area is 154 Å². The highest BCUT2D eigenvalue weighted by Crippen LogP contribution is 2.07. The third kappa shape index (κ3) is 4.93. The van der Waals surface area contributed by atoms with Crippen LogP contribution in [0.1, 0.15) is 20.7 Å². The van der Waals surface area contributed by atoms with Crippen LogP contribution >= 0.6 is 0 Å². The molecule has 1 aliphatic rings. The highest BCUT2D eigenvalue weighted by molar-refractivity contribution is 6.04. The predicted octanol–water partition coefficient (Wildman–Crippen LogP) is 3.40. The molecule has 0 aliphatic carbocycles. The second-order valence-corrected chi connectivity index (χ2v) is 6.16. The molecule has 0 N–H and O–H groups in total. The molecule has 0 radical (unpaired) electrons. The summed E-state index contributed by atoms with van der Waals surface area (Å²) in [6, 6.07) is 18.5. The Bertz CT molecular complexity index is 720. The summed E-state index contributed by atoms with van der Waals surface area (Å²) in [5.41, 5.74) is 1.40. The molecule has 0 saturated carbocycles. The molecule has 2 aromatic rings. The first-order valence-electron chi connectivity index (χ1n) is 8.75. The fourth-order valence-electron chi connectivity index (χ4n) is 2.78. The topological polar surface area (TPSA) is 40.6 Å². The molecule has 4 nitrogen and oxygen atoms in total. The number of allylic oxidation sites excluding steroid dienone is 2. The van der Waals surface area contributed by atoms with Gasteiger partial charge in [0, 0.05) is 61.9 Å². The van der Waals surface area contributed by atoms with Crippen LogP contribution in [-0.4, -0.2) is 47.5 Å². The molecule has 26 heavy (non-hydrogen) atoms. The van der Waals surface area contributed by atoms with Gasteiger partial charge in [-0.05, 0) is 0 Å². The maximum atomic E-state index is 12.1. The van der Waals surface area contributed by atoms with Crippen LogP contribution in [0, 0.1) is 0 Å². The van der Waals surface area contributed by atoms with Crippen LogP contribution < -0.4 is 0 Å². The van der Waals surface area contributed by atoms with Crippen LogP contribution in [0.25, 0.3) is 0 Å². The Morgan fingerprint density at radius 1 is 0.615 bits per heavy atom. The summed E-state index contributed by atoms with van der Waals surface area (Å²) >= 11 is 0. The van der Waals surface area contributed by atoms with E-state index in [4.69, 9.17) is 0 Å². The summed E-state index contributed by atoms with van der Waals surface area (Å²) in [4.78, 5) is 28.4. The van der Waals surface area contributed by atoms with Gasteiger partial charge in [-0.25, -0.2) is 0 Å². The third-order valence-corrected chi connectivity index (χ3v) is 4.34. The summed E-state index contributed by atoms with van der Waals surface area (Å²) in [5.74, 6) is 0.0303. The van der Waals surface area contributed by atoms with Gasteiger partial charge in [0.1, 0.15) is 0 Å². The Morgan fingerprint density at radius 3 is 1.31 bits per heavy atom. The van der Waals surface area contributed by atoms with E-state index in [0.29, 0.717) is 11.1 Å². The van der Waals surface area contributed by atoms with Crippen LogP contribution in [0.15, 0.2) is 85.2 Å². The second kappa shape index (κ2) is 8.81. The largest absolute Gasteiger partial charge is 0.374 e. The number of nitrogens with zero attached hydrogens (tertiary/aromatic N) is 2. The average molecular weight is 346 g/mol. The Balaban J connectivity index is 1.47. The maximum absolute atomic E-state index is 12.1. The maximum Gasteiger partial charge on any atom is 0.187 e. The van der Waals surface area contributed by atoms with Gasteiger partial charge in [-0.3, -0.25) is 9.59 Å². The zero-order valence-corrected chi connectivity index (χ0v) is 14.6. The monoisotopic (exact) mass is 346 g/mol. The first kappa shape index (κ1) is 17.7. The van der Waals surface area contributed by atoms with Crippen LogP contribution in [0.2, 0.25) is 0 Å². The van der Waals surface area contributed by atoms with Crippen molar-refractivity contribution < 1.29 is 9.59 Å². The number of piperazine rings is 1. The quantitative estimate of drug-likeness (QED) is 0.594. The molecule has 1 saturated heterocycles. The highest BCUT2D eigenvalue weighted by Gasteiger charge is 2.12. The Hall–Kier alpha value is -3.14. The van der Waals surface area contributed by atoms with Gasteiger partial charge >= 0.3 is 0 Å². The molecule has 1 fully saturated rings. The molecule has 132 valence electrons.